The first-order valence-electron chi connectivity index (χ1n) is 12.2. The number of H-pyrrole nitrogens is 1. The Kier molecular flexibility index (Phi) is 7.30. The number of aromatic amines is 1. The Bertz CT molecular complexity index is 1530. The molecular formula is C28H25FN6O4. The number of nitrogens with zero attached hydrogens (tertiary/aromatic N) is 3. The van der Waals surface area contributed by atoms with Crippen LogP contribution in [0, 0.1) is 12.7 Å². The minimum absolute atomic E-state index is 0.120. The number of fused-ring (bicyclic) bond motifs is 1. The van der Waals surface area contributed by atoms with E-state index in [9.17, 15) is 14.4 Å². The molecule has 2 aromatic heterocycles. The summed E-state index contributed by atoms with van der Waals surface area (Å²) < 4.78 is 20.6. The lowest BCUT2D eigenvalue weighted by molar-refractivity contribution is -0.138. The molecule has 1 aliphatic heterocycles. The summed E-state index contributed by atoms with van der Waals surface area (Å²) in [7, 11) is 0. The average molecular weight is 529 g/mol. The number of aryl methyl sites for hydroxylation is 1. The lowest BCUT2D eigenvalue weighted by Crippen LogP contribution is -2.47. The summed E-state index contributed by atoms with van der Waals surface area (Å²) >= 11 is 0. The van der Waals surface area contributed by atoms with Crippen molar-refractivity contribution in [2.24, 2.45) is 5.10 Å². The molecule has 3 N–H and O–H groups in total. The summed E-state index contributed by atoms with van der Waals surface area (Å²) in [5, 5.41) is 11.1. The van der Waals surface area contributed by atoms with Gasteiger partial charge in [-0.3, -0.25) is 19.4 Å². The Balaban J connectivity index is 1.16. The lowest BCUT2D eigenvalue weighted by atomic mass is 10.1. The second-order valence-electron chi connectivity index (χ2n) is 8.98. The van der Waals surface area contributed by atoms with Crippen molar-refractivity contribution in [1.82, 2.24) is 25.6 Å². The number of carbonyl (C=O) groups excluding carboxylic acids is 3. The van der Waals surface area contributed by atoms with Gasteiger partial charge in [-0.05, 0) is 43.3 Å². The molecule has 0 spiro atoms. The zero-order valence-electron chi connectivity index (χ0n) is 21.0. The van der Waals surface area contributed by atoms with E-state index in [2.05, 4.69) is 25.7 Å². The van der Waals surface area contributed by atoms with Gasteiger partial charge in [0.15, 0.2) is 11.6 Å². The molecule has 198 valence electrons. The molecule has 0 radical (unpaired) electrons. The van der Waals surface area contributed by atoms with Crippen LogP contribution in [0.2, 0.25) is 0 Å². The first-order valence-corrected chi connectivity index (χ1v) is 12.2. The number of ether oxygens (including phenoxy) is 1. The number of rotatable bonds is 8. The van der Waals surface area contributed by atoms with Gasteiger partial charge in [0.05, 0.1) is 18.7 Å². The normalized spacial score (nSPS) is 14.4. The molecule has 3 amide bonds. The van der Waals surface area contributed by atoms with E-state index in [1.165, 1.54) is 24.4 Å². The summed E-state index contributed by atoms with van der Waals surface area (Å²) in [4.78, 5) is 45.5. The van der Waals surface area contributed by atoms with Gasteiger partial charge in [-0.1, -0.05) is 23.8 Å². The topological polar surface area (TPSA) is 129 Å². The Labute approximate surface area is 222 Å². The van der Waals surface area contributed by atoms with Gasteiger partial charge in [-0.15, -0.1) is 0 Å². The van der Waals surface area contributed by atoms with Crippen molar-refractivity contribution in [3.8, 4) is 11.5 Å². The van der Waals surface area contributed by atoms with E-state index < -0.39 is 36.1 Å². The third-order valence-electron chi connectivity index (χ3n) is 6.17. The number of nitrogens with one attached hydrogen (secondary N) is 3. The number of hydrogen-bond acceptors (Lipinski definition) is 6. The van der Waals surface area contributed by atoms with Crippen LogP contribution in [0.3, 0.4) is 0 Å². The van der Waals surface area contributed by atoms with E-state index >= 15 is 4.39 Å². The van der Waals surface area contributed by atoms with E-state index in [0.717, 1.165) is 27.2 Å². The molecule has 1 aliphatic rings. The van der Waals surface area contributed by atoms with Crippen LogP contribution in [0.1, 0.15) is 28.0 Å². The Hall–Kier alpha value is -5.06. The van der Waals surface area contributed by atoms with Crippen molar-refractivity contribution in [3.63, 3.8) is 0 Å². The first kappa shape index (κ1) is 25.6. The minimum Gasteiger partial charge on any atom is -0.454 e. The van der Waals surface area contributed by atoms with Crippen LogP contribution >= 0.6 is 0 Å². The molecule has 5 rings (SSSR count). The van der Waals surface area contributed by atoms with Crippen LogP contribution in [0.15, 0.2) is 72.1 Å². The van der Waals surface area contributed by atoms with Crippen molar-refractivity contribution in [2.75, 3.05) is 6.54 Å². The van der Waals surface area contributed by atoms with Crippen molar-refractivity contribution < 1.29 is 23.5 Å². The van der Waals surface area contributed by atoms with Crippen LogP contribution in [-0.2, 0) is 16.1 Å². The Morgan fingerprint density at radius 1 is 1.13 bits per heavy atom. The third-order valence-corrected chi connectivity index (χ3v) is 6.17. The molecule has 1 atom stereocenters. The fourth-order valence-corrected chi connectivity index (χ4v) is 4.13. The molecule has 0 saturated carbocycles. The van der Waals surface area contributed by atoms with E-state index in [-0.39, 0.29) is 24.3 Å². The predicted molar refractivity (Wildman–Crippen MR) is 142 cm³/mol. The maximum atomic E-state index is 15.0. The predicted octanol–water partition coefficient (Wildman–Crippen LogP) is 3.44. The molecule has 10 nitrogen and oxygen atoms in total. The summed E-state index contributed by atoms with van der Waals surface area (Å²) in [6.07, 6.45) is 5.08. The van der Waals surface area contributed by atoms with Gasteiger partial charge >= 0.3 is 0 Å². The minimum atomic E-state index is -0.858. The molecule has 0 fully saturated rings. The van der Waals surface area contributed by atoms with Gasteiger partial charge < -0.3 is 20.4 Å². The molecule has 0 bridgehead atoms. The van der Waals surface area contributed by atoms with Gasteiger partial charge in [-0.25, -0.2) is 9.40 Å². The fourth-order valence-electron chi connectivity index (χ4n) is 4.13. The maximum absolute atomic E-state index is 15.0. The highest BCUT2D eigenvalue weighted by Crippen LogP contribution is 2.26. The monoisotopic (exact) mass is 528 g/mol. The summed E-state index contributed by atoms with van der Waals surface area (Å²) in [6.45, 7) is 1.67. The number of hydrazone groups is 1. The maximum Gasteiger partial charge on any atom is 0.262 e. The quantitative estimate of drug-likeness (QED) is 0.323. The Morgan fingerprint density at radius 2 is 1.95 bits per heavy atom. The average Bonchev–Trinajstić information content (AvgIpc) is 3.60. The summed E-state index contributed by atoms with van der Waals surface area (Å²) in [5.41, 5.74) is 2.43. The number of hydrogen-bond donors (Lipinski definition) is 3. The van der Waals surface area contributed by atoms with Gasteiger partial charge in [-0.2, -0.15) is 5.10 Å². The van der Waals surface area contributed by atoms with Gasteiger partial charge in [0, 0.05) is 41.6 Å². The Morgan fingerprint density at radius 3 is 2.74 bits per heavy atom. The highest BCUT2D eigenvalue weighted by molar-refractivity contribution is 5.98. The van der Waals surface area contributed by atoms with Crippen LogP contribution in [0.25, 0.3) is 10.9 Å². The smallest absolute Gasteiger partial charge is 0.262 e. The highest BCUT2D eigenvalue weighted by atomic mass is 19.1. The van der Waals surface area contributed by atoms with Crippen molar-refractivity contribution in [2.45, 2.75) is 25.9 Å². The molecule has 4 aromatic rings. The molecule has 3 heterocycles. The number of halogens is 1. The second kappa shape index (κ2) is 11.1. The standard InChI is InChI=1S/C28H25FN6O4/c1-17-5-7-20(8-6-17)39-24-4-2-3-21(26(24)29)27(37)32-16-25(36)35-23(10-12-33-35)28(38)31-15-19-13-18-14-30-11-9-22(18)34-19/h2-9,11-14,23,34H,10,15-16H2,1H3,(H,31,38)(H,32,37). The molecule has 0 saturated heterocycles. The third kappa shape index (κ3) is 5.77. The van der Waals surface area contributed by atoms with Gasteiger partial charge in [0.2, 0.25) is 5.91 Å². The molecule has 1 unspecified atom stereocenters. The SMILES string of the molecule is Cc1ccc(Oc2cccc(C(=O)NCC(=O)N3N=CCC3C(=O)NCc3cc4cnccc4[nH]3)c2F)cc1. The molecule has 0 aliphatic carbocycles. The number of benzene rings is 2. The van der Waals surface area contributed by atoms with E-state index in [1.54, 1.807) is 24.5 Å². The van der Waals surface area contributed by atoms with Crippen LogP contribution < -0.4 is 15.4 Å². The number of aromatic nitrogens is 2. The van der Waals surface area contributed by atoms with Gasteiger partial charge in [0.1, 0.15) is 11.8 Å². The largest absolute Gasteiger partial charge is 0.454 e. The van der Waals surface area contributed by atoms with Crippen LogP contribution in [0.5, 0.6) is 11.5 Å². The highest BCUT2D eigenvalue weighted by Gasteiger charge is 2.32. The molecule has 39 heavy (non-hydrogen) atoms. The molecule has 11 heteroatoms. The van der Waals surface area contributed by atoms with Crippen molar-refractivity contribution >= 4 is 34.8 Å². The lowest BCUT2D eigenvalue weighted by Gasteiger charge is -2.21. The van der Waals surface area contributed by atoms with E-state index in [0.29, 0.717) is 5.75 Å². The van der Waals surface area contributed by atoms with Crippen LogP contribution in [-0.4, -0.2) is 51.5 Å². The molecule has 2 aromatic carbocycles. The van der Waals surface area contributed by atoms with Crippen molar-refractivity contribution in [3.05, 3.63) is 89.6 Å². The van der Waals surface area contributed by atoms with Crippen molar-refractivity contribution in [1.29, 1.82) is 0 Å². The number of pyridine rings is 1. The fraction of sp³-hybridized carbons (Fsp3) is 0.179. The number of amides is 3. The second-order valence-corrected chi connectivity index (χ2v) is 8.98. The number of carbonyl (C=O) groups is 3. The van der Waals surface area contributed by atoms with Crippen LogP contribution in [0.4, 0.5) is 4.39 Å². The summed E-state index contributed by atoms with van der Waals surface area (Å²) in [6, 6.07) is 14.1. The molecular weight excluding hydrogens is 503 g/mol. The zero-order chi connectivity index (χ0) is 27.4. The first-order chi connectivity index (χ1) is 18.9. The summed E-state index contributed by atoms with van der Waals surface area (Å²) in [5.74, 6) is -2.35. The van der Waals surface area contributed by atoms with E-state index in [4.69, 9.17) is 4.74 Å². The zero-order valence-corrected chi connectivity index (χ0v) is 21.0. The van der Waals surface area contributed by atoms with E-state index in [1.807, 2.05) is 31.2 Å². The van der Waals surface area contributed by atoms with Gasteiger partial charge in [0.25, 0.3) is 11.8 Å².